The second-order valence-corrected chi connectivity index (χ2v) is 4.20. The summed E-state index contributed by atoms with van der Waals surface area (Å²) in [7, 11) is 1.64. The fraction of sp³-hybridized carbons (Fsp3) is 0.0625. The summed E-state index contributed by atoms with van der Waals surface area (Å²) in [6.45, 7) is 0. The molecular weight excluding hydrogens is 238 g/mol. The number of methoxy groups -OCH3 is 1. The monoisotopic (exact) mass is 249 g/mol. The van der Waals surface area contributed by atoms with E-state index in [0.29, 0.717) is 5.56 Å². The number of rotatable bonds is 2. The summed E-state index contributed by atoms with van der Waals surface area (Å²) in [5.74, 6) is 1.60. The van der Waals surface area contributed by atoms with Crippen molar-refractivity contribution < 1.29 is 9.15 Å². The molecule has 0 saturated carbocycles. The Labute approximate surface area is 110 Å². The molecule has 3 nitrogen and oxygen atoms in total. The maximum absolute atomic E-state index is 8.88. The summed E-state index contributed by atoms with van der Waals surface area (Å²) in [4.78, 5) is 0. The fourth-order valence-electron chi connectivity index (χ4n) is 2.01. The van der Waals surface area contributed by atoms with Gasteiger partial charge < -0.3 is 9.15 Å². The van der Waals surface area contributed by atoms with Gasteiger partial charge in [0.25, 0.3) is 0 Å². The Morgan fingerprint density at radius 1 is 1.05 bits per heavy atom. The van der Waals surface area contributed by atoms with Gasteiger partial charge in [0, 0.05) is 10.9 Å². The molecule has 0 aliphatic rings. The molecule has 2 aromatic carbocycles. The molecule has 0 atom stereocenters. The number of nitriles is 1. The number of benzene rings is 2. The summed E-state index contributed by atoms with van der Waals surface area (Å²) in [5, 5.41) is 9.82. The number of nitrogens with zero attached hydrogens (tertiary/aromatic N) is 1. The molecule has 0 aliphatic heterocycles. The number of furan rings is 1. The van der Waals surface area contributed by atoms with Gasteiger partial charge in [0.15, 0.2) is 0 Å². The van der Waals surface area contributed by atoms with E-state index in [1.807, 2.05) is 42.5 Å². The van der Waals surface area contributed by atoms with E-state index in [1.54, 1.807) is 13.2 Å². The van der Waals surface area contributed by atoms with Crippen LogP contribution in [-0.4, -0.2) is 7.11 Å². The van der Waals surface area contributed by atoms with Crippen molar-refractivity contribution in [1.82, 2.24) is 0 Å². The second kappa shape index (κ2) is 4.51. The highest BCUT2D eigenvalue weighted by atomic mass is 16.5. The van der Waals surface area contributed by atoms with Gasteiger partial charge in [-0.3, -0.25) is 0 Å². The SMILES string of the molecule is COc1ccc(-c2cc3cc(C#N)ccc3o2)cc1. The van der Waals surface area contributed by atoms with Gasteiger partial charge in [-0.2, -0.15) is 5.26 Å². The van der Waals surface area contributed by atoms with Gasteiger partial charge in [0.05, 0.1) is 18.7 Å². The van der Waals surface area contributed by atoms with Crippen molar-refractivity contribution >= 4 is 11.0 Å². The topological polar surface area (TPSA) is 46.2 Å². The molecule has 0 N–H and O–H groups in total. The molecule has 3 rings (SSSR count). The van der Waals surface area contributed by atoms with Crippen molar-refractivity contribution in [1.29, 1.82) is 5.26 Å². The molecule has 0 aliphatic carbocycles. The Kier molecular flexibility index (Phi) is 2.70. The van der Waals surface area contributed by atoms with E-state index < -0.39 is 0 Å². The van der Waals surface area contributed by atoms with E-state index in [-0.39, 0.29) is 0 Å². The van der Waals surface area contributed by atoms with Gasteiger partial charge in [-0.1, -0.05) is 0 Å². The largest absolute Gasteiger partial charge is 0.497 e. The molecule has 0 saturated heterocycles. The smallest absolute Gasteiger partial charge is 0.135 e. The first kappa shape index (κ1) is 11.4. The summed E-state index contributed by atoms with van der Waals surface area (Å²) in [6.07, 6.45) is 0. The lowest BCUT2D eigenvalue weighted by molar-refractivity contribution is 0.415. The van der Waals surface area contributed by atoms with Crippen molar-refractivity contribution in [2.45, 2.75) is 0 Å². The molecule has 1 aromatic heterocycles. The second-order valence-electron chi connectivity index (χ2n) is 4.20. The zero-order valence-corrected chi connectivity index (χ0v) is 10.4. The lowest BCUT2D eigenvalue weighted by atomic mass is 10.1. The molecule has 0 fully saturated rings. The zero-order valence-electron chi connectivity index (χ0n) is 10.4. The van der Waals surface area contributed by atoms with Crippen LogP contribution in [-0.2, 0) is 0 Å². The van der Waals surface area contributed by atoms with Gasteiger partial charge in [-0.25, -0.2) is 0 Å². The third kappa shape index (κ3) is 2.04. The van der Waals surface area contributed by atoms with Gasteiger partial charge in [-0.15, -0.1) is 0 Å². The van der Waals surface area contributed by atoms with Crippen LogP contribution < -0.4 is 4.74 Å². The van der Waals surface area contributed by atoms with Crippen LogP contribution in [0.5, 0.6) is 5.75 Å². The first-order valence-electron chi connectivity index (χ1n) is 5.88. The van der Waals surface area contributed by atoms with E-state index in [0.717, 1.165) is 28.0 Å². The first-order valence-corrected chi connectivity index (χ1v) is 5.88. The predicted molar refractivity (Wildman–Crippen MR) is 72.9 cm³/mol. The number of fused-ring (bicyclic) bond motifs is 1. The molecule has 19 heavy (non-hydrogen) atoms. The molecule has 0 spiro atoms. The van der Waals surface area contributed by atoms with E-state index in [9.17, 15) is 0 Å². The van der Waals surface area contributed by atoms with Crippen LogP contribution >= 0.6 is 0 Å². The molecule has 0 radical (unpaired) electrons. The summed E-state index contributed by atoms with van der Waals surface area (Å²) in [6, 6.07) is 17.1. The maximum atomic E-state index is 8.88. The summed E-state index contributed by atoms with van der Waals surface area (Å²) >= 11 is 0. The normalized spacial score (nSPS) is 10.3. The lowest BCUT2D eigenvalue weighted by Crippen LogP contribution is -1.81. The van der Waals surface area contributed by atoms with E-state index in [4.69, 9.17) is 14.4 Å². The third-order valence-electron chi connectivity index (χ3n) is 3.02. The van der Waals surface area contributed by atoms with Gasteiger partial charge in [0.2, 0.25) is 0 Å². The molecule has 0 amide bonds. The highest BCUT2D eigenvalue weighted by Crippen LogP contribution is 2.29. The average molecular weight is 249 g/mol. The van der Waals surface area contributed by atoms with Gasteiger partial charge >= 0.3 is 0 Å². The number of hydrogen-bond donors (Lipinski definition) is 0. The van der Waals surface area contributed by atoms with Crippen molar-refractivity contribution in [2.24, 2.45) is 0 Å². The van der Waals surface area contributed by atoms with E-state index >= 15 is 0 Å². The fourth-order valence-corrected chi connectivity index (χ4v) is 2.01. The van der Waals surface area contributed by atoms with E-state index in [2.05, 4.69) is 6.07 Å². The van der Waals surface area contributed by atoms with Crippen LogP contribution in [0.3, 0.4) is 0 Å². The number of hydrogen-bond acceptors (Lipinski definition) is 3. The Hall–Kier alpha value is -2.73. The van der Waals surface area contributed by atoms with Crippen LogP contribution in [0.15, 0.2) is 52.9 Å². The minimum Gasteiger partial charge on any atom is -0.497 e. The molecule has 3 heteroatoms. The van der Waals surface area contributed by atoms with Crippen molar-refractivity contribution in [3.63, 3.8) is 0 Å². The molecular formula is C16H11NO2. The highest BCUT2D eigenvalue weighted by Gasteiger charge is 2.07. The van der Waals surface area contributed by atoms with Crippen molar-refractivity contribution in [3.05, 3.63) is 54.1 Å². The van der Waals surface area contributed by atoms with Crippen LogP contribution in [0.2, 0.25) is 0 Å². The third-order valence-corrected chi connectivity index (χ3v) is 3.02. The zero-order chi connectivity index (χ0) is 13.2. The minimum atomic E-state index is 0.634. The highest BCUT2D eigenvalue weighted by molar-refractivity contribution is 5.84. The maximum Gasteiger partial charge on any atom is 0.135 e. The Morgan fingerprint density at radius 2 is 1.84 bits per heavy atom. The predicted octanol–water partition coefficient (Wildman–Crippen LogP) is 3.98. The van der Waals surface area contributed by atoms with Crippen LogP contribution in [0.25, 0.3) is 22.3 Å². The van der Waals surface area contributed by atoms with Crippen molar-refractivity contribution in [2.75, 3.05) is 7.11 Å². The quantitative estimate of drug-likeness (QED) is 0.690. The molecule has 0 unspecified atom stereocenters. The molecule has 92 valence electrons. The van der Waals surface area contributed by atoms with Crippen LogP contribution in [0.4, 0.5) is 0 Å². The Morgan fingerprint density at radius 3 is 2.53 bits per heavy atom. The molecule has 3 aromatic rings. The average Bonchev–Trinajstić information content (AvgIpc) is 2.90. The van der Waals surface area contributed by atoms with Gasteiger partial charge in [0.1, 0.15) is 17.1 Å². The summed E-state index contributed by atoms with van der Waals surface area (Å²) in [5.41, 5.74) is 2.40. The van der Waals surface area contributed by atoms with Gasteiger partial charge in [-0.05, 0) is 48.5 Å². The van der Waals surface area contributed by atoms with Crippen LogP contribution in [0, 0.1) is 11.3 Å². The first-order chi connectivity index (χ1) is 9.30. The molecule has 1 heterocycles. The Balaban J connectivity index is 2.07. The minimum absolute atomic E-state index is 0.634. The summed E-state index contributed by atoms with van der Waals surface area (Å²) < 4.78 is 10.9. The number of ether oxygens (including phenoxy) is 1. The van der Waals surface area contributed by atoms with E-state index in [1.165, 1.54) is 0 Å². The molecule has 0 bridgehead atoms. The lowest BCUT2D eigenvalue weighted by Gasteiger charge is -2.00. The van der Waals surface area contributed by atoms with Crippen LogP contribution in [0.1, 0.15) is 5.56 Å². The Bertz CT molecular complexity index is 764. The van der Waals surface area contributed by atoms with Crippen molar-refractivity contribution in [3.8, 4) is 23.1 Å². The standard InChI is InChI=1S/C16H11NO2/c1-18-14-5-3-12(4-6-14)16-9-13-8-11(10-17)2-7-15(13)19-16/h2-9H,1H3.